The lowest BCUT2D eigenvalue weighted by Crippen LogP contribution is -2.49. The molecule has 0 bridgehead atoms. The summed E-state index contributed by atoms with van der Waals surface area (Å²) < 4.78 is 32.1. The van der Waals surface area contributed by atoms with E-state index < -0.39 is 10.0 Å². The highest BCUT2D eigenvalue weighted by atomic mass is 32.2. The van der Waals surface area contributed by atoms with Crippen LogP contribution in [0, 0.1) is 0 Å². The second-order valence-corrected chi connectivity index (χ2v) is 8.91. The third kappa shape index (κ3) is 5.47. The zero-order valence-corrected chi connectivity index (χ0v) is 16.7. The molecule has 1 aliphatic rings. The van der Waals surface area contributed by atoms with Gasteiger partial charge in [0.1, 0.15) is 12.4 Å². The molecule has 1 heterocycles. The lowest BCUT2D eigenvalue weighted by atomic mass is 10.2. The standard InChI is InChI=1S/C21H28N2O3S/c1-2-3-17-27(24,25)23-15-13-22(14-16-23)20-9-11-21(12-10-20)26-18-19-7-5-4-6-8-19/h4-12H,2-3,13-18H2,1H3. The minimum Gasteiger partial charge on any atom is -0.489 e. The number of nitrogens with zero attached hydrogens (tertiary/aromatic N) is 2. The monoisotopic (exact) mass is 388 g/mol. The Hall–Kier alpha value is -2.05. The molecule has 27 heavy (non-hydrogen) atoms. The maximum absolute atomic E-state index is 12.3. The van der Waals surface area contributed by atoms with Gasteiger partial charge in [-0.15, -0.1) is 0 Å². The van der Waals surface area contributed by atoms with Crippen molar-refractivity contribution in [3.05, 3.63) is 60.2 Å². The van der Waals surface area contributed by atoms with Gasteiger partial charge in [0.25, 0.3) is 0 Å². The Balaban J connectivity index is 1.51. The van der Waals surface area contributed by atoms with Crippen molar-refractivity contribution < 1.29 is 13.2 Å². The van der Waals surface area contributed by atoms with Crippen LogP contribution in [0.2, 0.25) is 0 Å². The van der Waals surface area contributed by atoms with E-state index >= 15 is 0 Å². The second kappa shape index (κ2) is 9.24. The molecule has 3 rings (SSSR count). The van der Waals surface area contributed by atoms with Crippen LogP contribution < -0.4 is 9.64 Å². The van der Waals surface area contributed by atoms with E-state index in [4.69, 9.17) is 4.74 Å². The first-order chi connectivity index (χ1) is 13.1. The Kier molecular flexibility index (Phi) is 6.74. The van der Waals surface area contributed by atoms with Crippen LogP contribution in [0.25, 0.3) is 0 Å². The minimum atomic E-state index is -3.10. The van der Waals surface area contributed by atoms with Crippen LogP contribution in [-0.2, 0) is 16.6 Å². The molecule has 0 N–H and O–H groups in total. The molecule has 1 fully saturated rings. The van der Waals surface area contributed by atoms with Gasteiger partial charge in [-0.3, -0.25) is 0 Å². The third-order valence-electron chi connectivity index (χ3n) is 4.84. The number of anilines is 1. The smallest absolute Gasteiger partial charge is 0.214 e. The van der Waals surface area contributed by atoms with E-state index in [1.165, 1.54) is 0 Å². The van der Waals surface area contributed by atoms with Crippen molar-refractivity contribution in [3.8, 4) is 5.75 Å². The number of sulfonamides is 1. The van der Waals surface area contributed by atoms with Crippen LogP contribution in [0.1, 0.15) is 25.3 Å². The minimum absolute atomic E-state index is 0.261. The van der Waals surface area contributed by atoms with E-state index in [9.17, 15) is 8.42 Å². The number of hydrogen-bond acceptors (Lipinski definition) is 4. The molecule has 1 saturated heterocycles. The molecule has 2 aromatic rings. The molecular weight excluding hydrogens is 360 g/mol. The van der Waals surface area contributed by atoms with Crippen molar-refractivity contribution in [2.75, 3.05) is 36.8 Å². The quantitative estimate of drug-likeness (QED) is 0.694. The Labute approximate surface area is 162 Å². The Morgan fingerprint density at radius 1 is 0.926 bits per heavy atom. The van der Waals surface area contributed by atoms with Gasteiger partial charge >= 0.3 is 0 Å². The SMILES string of the molecule is CCCCS(=O)(=O)N1CCN(c2ccc(OCc3ccccc3)cc2)CC1. The Morgan fingerprint density at radius 3 is 2.22 bits per heavy atom. The van der Waals surface area contributed by atoms with E-state index in [1.54, 1.807) is 4.31 Å². The van der Waals surface area contributed by atoms with Crippen molar-refractivity contribution in [1.82, 2.24) is 4.31 Å². The molecule has 6 heteroatoms. The molecule has 0 amide bonds. The highest BCUT2D eigenvalue weighted by Gasteiger charge is 2.26. The summed E-state index contributed by atoms with van der Waals surface area (Å²) in [5, 5.41) is 0. The second-order valence-electron chi connectivity index (χ2n) is 6.82. The van der Waals surface area contributed by atoms with Gasteiger partial charge in [0.05, 0.1) is 5.75 Å². The summed E-state index contributed by atoms with van der Waals surface area (Å²) in [5.41, 5.74) is 2.25. The summed E-state index contributed by atoms with van der Waals surface area (Å²) >= 11 is 0. The first kappa shape index (κ1) is 19.7. The maximum atomic E-state index is 12.3. The molecule has 1 aliphatic heterocycles. The van der Waals surface area contributed by atoms with Crippen molar-refractivity contribution in [2.24, 2.45) is 0 Å². The largest absolute Gasteiger partial charge is 0.489 e. The highest BCUT2D eigenvalue weighted by Crippen LogP contribution is 2.22. The van der Waals surface area contributed by atoms with Crippen LogP contribution in [0.15, 0.2) is 54.6 Å². The number of ether oxygens (including phenoxy) is 1. The van der Waals surface area contributed by atoms with E-state index in [0.29, 0.717) is 19.7 Å². The van der Waals surface area contributed by atoms with E-state index in [1.807, 2.05) is 61.5 Å². The summed E-state index contributed by atoms with van der Waals surface area (Å²) in [6, 6.07) is 18.1. The average Bonchev–Trinajstić information content (AvgIpc) is 2.72. The van der Waals surface area contributed by atoms with Gasteiger partial charge in [-0.2, -0.15) is 4.31 Å². The topological polar surface area (TPSA) is 49.9 Å². The molecule has 0 unspecified atom stereocenters. The van der Waals surface area contributed by atoms with Crippen LogP contribution in [0.3, 0.4) is 0 Å². The summed E-state index contributed by atoms with van der Waals surface area (Å²) in [6.45, 7) is 5.11. The summed E-state index contributed by atoms with van der Waals surface area (Å²) in [5.74, 6) is 1.10. The van der Waals surface area contributed by atoms with Crippen molar-refractivity contribution >= 4 is 15.7 Å². The molecule has 146 valence electrons. The molecule has 0 aliphatic carbocycles. The lowest BCUT2D eigenvalue weighted by molar-refractivity contribution is 0.306. The molecule has 0 aromatic heterocycles. The fourth-order valence-electron chi connectivity index (χ4n) is 3.17. The van der Waals surface area contributed by atoms with Crippen LogP contribution in [-0.4, -0.2) is 44.7 Å². The fourth-order valence-corrected chi connectivity index (χ4v) is 4.81. The van der Waals surface area contributed by atoms with Gasteiger partial charge in [0.2, 0.25) is 10.0 Å². The predicted molar refractivity (Wildman–Crippen MR) is 110 cm³/mol. The summed E-state index contributed by atoms with van der Waals surface area (Å²) in [6.07, 6.45) is 1.63. The molecule has 5 nitrogen and oxygen atoms in total. The average molecular weight is 389 g/mol. The maximum Gasteiger partial charge on any atom is 0.214 e. The van der Waals surface area contributed by atoms with E-state index in [-0.39, 0.29) is 5.75 Å². The molecule has 0 saturated carbocycles. The van der Waals surface area contributed by atoms with Crippen molar-refractivity contribution in [3.63, 3.8) is 0 Å². The summed E-state index contributed by atoms with van der Waals surface area (Å²) in [4.78, 5) is 2.23. The number of rotatable bonds is 8. The molecular formula is C21H28N2O3S. The summed E-state index contributed by atoms with van der Waals surface area (Å²) in [7, 11) is -3.10. The van der Waals surface area contributed by atoms with Gasteiger partial charge in [0, 0.05) is 31.9 Å². The third-order valence-corrected chi connectivity index (χ3v) is 6.79. The normalized spacial score (nSPS) is 15.7. The number of piperazine rings is 1. The zero-order chi connectivity index (χ0) is 19.1. The molecule has 0 spiro atoms. The van der Waals surface area contributed by atoms with Gasteiger partial charge in [-0.25, -0.2) is 8.42 Å². The zero-order valence-electron chi connectivity index (χ0n) is 15.9. The van der Waals surface area contributed by atoms with Crippen LogP contribution >= 0.6 is 0 Å². The fraction of sp³-hybridized carbons (Fsp3) is 0.429. The van der Waals surface area contributed by atoms with Gasteiger partial charge in [-0.05, 0) is 36.2 Å². The van der Waals surface area contributed by atoms with Crippen molar-refractivity contribution in [2.45, 2.75) is 26.4 Å². The van der Waals surface area contributed by atoms with Crippen LogP contribution in [0.5, 0.6) is 5.75 Å². The molecule has 2 aromatic carbocycles. The van der Waals surface area contributed by atoms with Gasteiger partial charge in [-0.1, -0.05) is 43.7 Å². The Morgan fingerprint density at radius 2 is 1.59 bits per heavy atom. The number of unbranched alkanes of at least 4 members (excludes halogenated alkanes) is 1. The predicted octanol–water partition coefficient (Wildman–Crippen LogP) is 3.52. The molecule has 0 radical (unpaired) electrons. The van der Waals surface area contributed by atoms with Crippen LogP contribution in [0.4, 0.5) is 5.69 Å². The number of benzene rings is 2. The molecule has 0 atom stereocenters. The highest BCUT2D eigenvalue weighted by molar-refractivity contribution is 7.89. The van der Waals surface area contributed by atoms with Crippen molar-refractivity contribution in [1.29, 1.82) is 0 Å². The van der Waals surface area contributed by atoms with E-state index in [0.717, 1.165) is 42.9 Å². The van der Waals surface area contributed by atoms with E-state index in [2.05, 4.69) is 4.90 Å². The van der Waals surface area contributed by atoms with Gasteiger partial charge in [0.15, 0.2) is 0 Å². The number of hydrogen-bond donors (Lipinski definition) is 0. The lowest BCUT2D eigenvalue weighted by Gasteiger charge is -2.35. The first-order valence-corrected chi connectivity index (χ1v) is 11.2. The Bertz CT molecular complexity index is 799. The first-order valence-electron chi connectivity index (χ1n) is 9.58. The van der Waals surface area contributed by atoms with Gasteiger partial charge < -0.3 is 9.64 Å².